The first-order valence-electron chi connectivity index (χ1n) is 8.84. The fourth-order valence-electron chi connectivity index (χ4n) is 4.56. The number of hydrogen-bond acceptors (Lipinski definition) is 3. The van der Waals surface area contributed by atoms with E-state index in [1.54, 1.807) is 11.9 Å². The Morgan fingerprint density at radius 3 is 2.50 bits per heavy atom. The zero-order chi connectivity index (χ0) is 18.3. The summed E-state index contributed by atoms with van der Waals surface area (Å²) in [6.07, 6.45) is 2.31. The average Bonchev–Trinajstić information content (AvgIpc) is 2.59. The molecule has 0 aromatic heterocycles. The lowest BCUT2D eigenvalue weighted by Crippen LogP contribution is -2.54. The largest absolute Gasteiger partial charge is 0.344 e. The van der Waals surface area contributed by atoms with Gasteiger partial charge in [0.1, 0.15) is 12.1 Å². The summed E-state index contributed by atoms with van der Waals surface area (Å²) in [7, 11) is 1.71. The SMILES string of the molecule is CC(C)CN(C)C(=O)CN1C(=O)NC2(CC(C)CC(C)(C)C2)C1=O. The predicted octanol–water partition coefficient (Wildman–Crippen LogP) is 2.24. The molecule has 6 nitrogen and oxygen atoms in total. The third-order valence-corrected chi connectivity index (χ3v) is 4.98. The van der Waals surface area contributed by atoms with Gasteiger partial charge in [0.2, 0.25) is 5.91 Å². The molecule has 2 atom stereocenters. The molecule has 0 aromatic rings. The third-order valence-electron chi connectivity index (χ3n) is 4.98. The molecular formula is C18H31N3O3. The van der Waals surface area contributed by atoms with Crippen molar-refractivity contribution in [3.05, 3.63) is 0 Å². The fourth-order valence-corrected chi connectivity index (χ4v) is 4.56. The molecule has 2 aliphatic rings. The van der Waals surface area contributed by atoms with Crippen LogP contribution in [-0.2, 0) is 9.59 Å². The van der Waals surface area contributed by atoms with Crippen LogP contribution >= 0.6 is 0 Å². The van der Waals surface area contributed by atoms with E-state index in [4.69, 9.17) is 0 Å². The van der Waals surface area contributed by atoms with Crippen LogP contribution in [0.4, 0.5) is 4.79 Å². The van der Waals surface area contributed by atoms with E-state index in [1.165, 1.54) is 0 Å². The van der Waals surface area contributed by atoms with Gasteiger partial charge in [0, 0.05) is 13.6 Å². The molecule has 6 heteroatoms. The molecule has 1 aliphatic carbocycles. The van der Waals surface area contributed by atoms with E-state index in [0.717, 1.165) is 11.3 Å². The Morgan fingerprint density at radius 2 is 1.96 bits per heavy atom. The number of nitrogens with zero attached hydrogens (tertiary/aromatic N) is 2. The first-order valence-corrected chi connectivity index (χ1v) is 8.84. The molecule has 0 aromatic carbocycles. The second-order valence-electron chi connectivity index (χ2n) is 8.93. The van der Waals surface area contributed by atoms with Gasteiger partial charge in [-0.1, -0.05) is 34.6 Å². The van der Waals surface area contributed by atoms with Gasteiger partial charge < -0.3 is 10.2 Å². The van der Waals surface area contributed by atoms with E-state index in [1.807, 2.05) is 13.8 Å². The second-order valence-corrected chi connectivity index (χ2v) is 8.93. The van der Waals surface area contributed by atoms with E-state index < -0.39 is 11.6 Å². The van der Waals surface area contributed by atoms with Crippen LogP contribution in [0.5, 0.6) is 0 Å². The van der Waals surface area contributed by atoms with Gasteiger partial charge in [-0.2, -0.15) is 0 Å². The fraction of sp³-hybridized carbons (Fsp3) is 0.833. The van der Waals surface area contributed by atoms with Crippen molar-refractivity contribution in [3.8, 4) is 0 Å². The zero-order valence-corrected chi connectivity index (χ0v) is 15.8. The normalized spacial score (nSPS) is 29.3. The average molecular weight is 337 g/mol. The number of carbonyl (C=O) groups excluding carboxylic acids is 3. The molecule has 2 rings (SSSR count). The molecule has 4 amide bonds. The summed E-state index contributed by atoms with van der Waals surface area (Å²) in [6.45, 7) is 10.9. The molecular weight excluding hydrogens is 306 g/mol. The van der Waals surface area contributed by atoms with E-state index in [0.29, 0.717) is 31.2 Å². The summed E-state index contributed by atoms with van der Waals surface area (Å²) in [6, 6.07) is -0.434. The van der Waals surface area contributed by atoms with Crippen LogP contribution in [0.3, 0.4) is 0 Å². The Morgan fingerprint density at radius 1 is 1.33 bits per heavy atom. The van der Waals surface area contributed by atoms with Crippen LogP contribution in [0.2, 0.25) is 0 Å². The maximum atomic E-state index is 13.0. The van der Waals surface area contributed by atoms with Crippen LogP contribution in [0.25, 0.3) is 0 Å². The van der Waals surface area contributed by atoms with Crippen LogP contribution in [0.1, 0.15) is 53.9 Å². The van der Waals surface area contributed by atoms with E-state index in [9.17, 15) is 14.4 Å². The van der Waals surface area contributed by atoms with Crippen molar-refractivity contribution in [2.45, 2.75) is 59.4 Å². The zero-order valence-electron chi connectivity index (χ0n) is 15.8. The maximum absolute atomic E-state index is 13.0. The van der Waals surface area contributed by atoms with Crippen molar-refractivity contribution in [2.75, 3.05) is 20.1 Å². The number of imide groups is 1. The van der Waals surface area contributed by atoms with Crippen LogP contribution in [0.15, 0.2) is 0 Å². The quantitative estimate of drug-likeness (QED) is 0.800. The topological polar surface area (TPSA) is 69.7 Å². The van der Waals surface area contributed by atoms with Crippen molar-refractivity contribution in [3.63, 3.8) is 0 Å². The highest BCUT2D eigenvalue weighted by molar-refractivity contribution is 6.09. The van der Waals surface area contributed by atoms with Gasteiger partial charge in [-0.15, -0.1) is 0 Å². The molecule has 1 spiro atoms. The Balaban J connectivity index is 2.13. The van der Waals surface area contributed by atoms with E-state index in [2.05, 4.69) is 26.1 Å². The summed E-state index contributed by atoms with van der Waals surface area (Å²) in [5.74, 6) is 0.261. The molecule has 1 N–H and O–H groups in total. The van der Waals surface area contributed by atoms with Crippen molar-refractivity contribution >= 4 is 17.8 Å². The van der Waals surface area contributed by atoms with Crippen LogP contribution in [0, 0.1) is 17.3 Å². The number of nitrogens with one attached hydrogen (secondary N) is 1. The van der Waals surface area contributed by atoms with Crippen molar-refractivity contribution in [1.82, 2.24) is 15.1 Å². The second kappa shape index (κ2) is 6.37. The number of carbonyl (C=O) groups is 3. The summed E-state index contributed by atoms with van der Waals surface area (Å²) in [5, 5.41) is 2.91. The van der Waals surface area contributed by atoms with Crippen molar-refractivity contribution in [2.24, 2.45) is 17.3 Å². The summed E-state index contributed by atoms with van der Waals surface area (Å²) in [5.41, 5.74) is -0.843. The summed E-state index contributed by atoms with van der Waals surface area (Å²) >= 11 is 0. The number of amides is 4. The van der Waals surface area contributed by atoms with E-state index >= 15 is 0 Å². The molecule has 0 radical (unpaired) electrons. The minimum atomic E-state index is -0.838. The van der Waals surface area contributed by atoms with Gasteiger partial charge in [0.05, 0.1) is 0 Å². The molecule has 1 heterocycles. The van der Waals surface area contributed by atoms with E-state index in [-0.39, 0.29) is 23.8 Å². The summed E-state index contributed by atoms with van der Waals surface area (Å²) in [4.78, 5) is 40.4. The van der Waals surface area contributed by atoms with Crippen molar-refractivity contribution in [1.29, 1.82) is 0 Å². The van der Waals surface area contributed by atoms with Gasteiger partial charge in [0.15, 0.2) is 0 Å². The maximum Gasteiger partial charge on any atom is 0.325 e. The summed E-state index contributed by atoms with van der Waals surface area (Å²) < 4.78 is 0. The first kappa shape index (κ1) is 18.7. The Kier molecular flexibility index (Phi) is 4.98. The Labute approximate surface area is 144 Å². The van der Waals surface area contributed by atoms with Gasteiger partial charge in [0.25, 0.3) is 5.91 Å². The minimum absolute atomic E-state index is 0.00490. The predicted molar refractivity (Wildman–Crippen MR) is 92.2 cm³/mol. The molecule has 2 unspecified atom stereocenters. The molecule has 136 valence electrons. The van der Waals surface area contributed by atoms with Gasteiger partial charge in [-0.05, 0) is 36.5 Å². The minimum Gasteiger partial charge on any atom is -0.344 e. The third kappa shape index (κ3) is 3.73. The van der Waals surface area contributed by atoms with Crippen LogP contribution < -0.4 is 5.32 Å². The number of hydrogen-bond donors (Lipinski definition) is 1. The Bertz CT molecular complexity index is 544. The van der Waals surface area contributed by atoms with Gasteiger partial charge >= 0.3 is 6.03 Å². The monoisotopic (exact) mass is 337 g/mol. The molecule has 2 fully saturated rings. The molecule has 1 saturated carbocycles. The van der Waals surface area contributed by atoms with Gasteiger partial charge in [-0.25, -0.2) is 4.79 Å². The van der Waals surface area contributed by atoms with Crippen LogP contribution in [-0.4, -0.2) is 53.3 Å². The highest BCUT2D eigenvalue weighted by Gasteiger charge is 2.56. The lowest BCUT2D eigenvalue weighted by atomic mass is 9.64. The van der Waals surface area contributed by atoms with Crippen molar-refractivity contribution < 1.29 is 14.4 Å². The van der Waals surface area contributed by atoms with Gasteiger partial charge in [-0.3, -0.25) is 14.5 Å². The highest BCUT2D eigenvalue weighted by Crippen LogP contribution is 2.46. The smallest absolute Gasteiger partial charge is 0.325 e. The number of urea groups is 1. The molecule has 1 aliphatic heterocycles. The number of likely N-dealkylation sites (N-methyl/N-ethyl adjacent to an activating group) is 1. The lowest BCUT2D eigenvalue weighted by molar-refractivity contribution is -0.140. The molecule has 1 saturated heterocycles. The highest BCUT2D eigenvalue weighted by atomic mass is 16.2. The standard InChI is InChI=1S/C18H31N3O3/c1-12(2)9-20(6)14(22)10-21-15(23)18(19-16(21)24)8-13(3)7-17(4,5)11-18/h12-13H,7-11H2,1-6H3,(H,19,24). The Hall–Kier alpha value is -1.59. The lowest BCUT2D eigenvalue weighted by Gasteiger charge is -2.43. The number of rotatable bonds is 4. The first-order chi connectivity index (χ1) is 11.0. The molecule has 24 heavy (non-hydrogen) atoms. The molecule has 0 bridgehead atoms.